The molecule has 0 aromatic heterocycles. The number of allylic oxidation sites excluding steroid dienone is 1. The van der Waals surface area contributed by atoms with Crippen molar-refractivity contribution in [2.45, 2.75) is 46.0 Å². The molecule has 3 nitrogen and oxygen atoms in total. The standard InChI is InChI=1S/C17H30N2O/c1-13-5-4-6-14(2)16(13)12-19-9-7-15(8-10-19)11-17(20)18-3/h5,14-16H,4,6-12H2,1-3H3,(H,18,20)/t14-,16-/m0/s1. The molecule has 1 aliphatic carbocycles. The van der Waals surface area contributed by atoms with Crippen LogP contribution in [0.4, 0.5) is 0 Å². The van der Waals surface area contributed by atoms with Gasteiger partial charge in [0.15, 0.2) is 0 Å². The lowest BCUT2D eigenvalue weighted by atomic mass is 9.79. The van der Waals surface area contributed by atoms with Gasteiger partial charge in [0.2, 0.25) is 5.91 Å². The van der Waals surface area contributed by atoms with E-state index in [9.17, 15) is 4.79 Å². The van der Waals surface area contributed by atoms with Gasteiger partial charge in [-0.2, -0.15) is 0 Å². The van der Waals surface area contributed by atoms with Crippen molar-refractivity contribution in [1.82, 2.24) is 10.2 Å². The van der Waals surface area contributed by atoms with Crippen molar-refractivity contribution in [2.24, 2.45) is 17.8 Å². The van der Waals surface area contributed by atoms with Crippen LogP contribution >= 0.6 is 0 Å². The van der Waals surface area contributed by atoms with Crippen molar-refractivity contribution >= 4 is 5.91 Å². The number of hydrogen-bond donors (Lipinski definition) is 1. The summed E-state index contributed by atoms with van der Waals surface area (Å²) in [4.78, 5) is 14.0. The number of amides is 1. The number of hydrogen-bond acceptors (Lipinski definition) is 2. The highest BCUT2D eigenvalue weighted by Gasteiger charge is 2.27. The fourth-order valence-electron chi connectivity index (χ4n) is 3.71. The second-order valence-electron chi connectivity index (χ2n) is 6.73. The van der Waals surface area contributed by atoms with E-state index in [1.54, 1.807) is 12.6 Å². The third-order valence-electron chi connectivity index (χ3n) is 5.28. The Labute approximate surface area is 123 Å². The maximum atomic E-state index is 11.4. The smallest absolute Gasteiger partial charge is 0.220 e. The SMILES string of the molecule is CNC(=O)CC1CCN(C[C@H]2C(C)=CCC[C@@H]2C)CC1. The van der Waals surface area contributed by atoms with E-state index in [1.807, 2.05) is 0 Å². The van der Waals surface area contributed by atoms with Gasteiger partial charge in [-0.3, -0.25) is 4.79 Å². The zero-order valence-electron chi connectivity index (χ0n) is 13.3. The van der Waals surface area contributed by atoms with Crippen LogP contribution in [-0.2, 0) is 4.79 Å². The minimum absolute atomic E-state index is 0.197. The maximum Gasteiger partial charge on any atom is 0.220 e. The van der Waals surface area contributed by atoms with Crippen molar-refractivity contribution in [1.29, 1.82) is 0 Å². The van der Waals surface area contributed by atoms with E-state index in [0.29, 0.717) is 12.3 Å². The summed E-state index contributed by atoms with van der Waals surface area (Å²) < 4.78 is 0. The Balaban J connectivity index is 1.78. The average molecular weight is 278 g/mol. The van der Waals surface area contributed by atoms with Gasteiger partial charge in [0.25, 0.3) is 0 Å². The van der Waals surface area contributed by atoms with Gasteiger partial charge in [0.05, 0.1) is 0 Å². The molecular weight excluding hydrogens is 248 g/mol. The highest BCUT2D eigenvalue weighted by Crippen LogP contribution is 2.32. The summed E-state index contributed by atoms with van der Waals surface area (Å²) in [6.45, 7) is 8.25. The summed E-state index contributed by atoms with van der Waals surface area (Å²) in [5.41, 5.74) is 1.59. The van der Waals surface area contributed by atoms with Crippen molar-refractivity contribution in [3.63, 3.8) is 0 Å². The third kappa shape index (κ3) is 4.08. The average Bonchev–Trinajstić information content (AvgIpc) is 2.44. The molecule has 2 rings (SSSR count). The van der Waals surface area contributed by atoms with E-state index < -0.39 is 0 Å². The molecule has 0 saturated carbocycles. The Morgan fingerprint density at radius 3 is 2.65 bits per heavy atom. The van der Waals surface area contributed by atoms with Crippen molar-refractivity contribution < 1.29 is 4.79 Å². The van der Waals surface area contributed by atoms with Gasteiger partial charge in [-0.1, -0.05) is 18.6 Å². The lowest BCUT2D eigenvalue weighted by Crippen LogP contribution is -2.40. The van der Waals surface area contributed by atoms with E-state index in [1.165, 1.54) is 32.2 Å². The second kappa shape index (κ2) is 7.26. The summed E-state index contributed by atoms with van der Waals surface area (Å²) in [5.74, 6) is 2.36. The van der Waals surface area contributed by atoms with E-state index in [2.05, 4.69) is 30.1 Å². The molecule has 3 heteroatoms. The molecular formula is C17H30N2O. The molecule has 1 heterocycles. The van der Waals surface area contributed by atoms with Crippen LogP contribution in [0.25, 0.3) is 0 Å². The first-order chi connectivity index (χ1) is 9.60. The fourth-order valence-corrected chi connectivity index (χ4v) is 3.71. The van der Waals surface area contributed by atoms with E-state index in [0.717, 1.165) is 24.9 Å². The Kier molecular flexibility index (Phi) is 5.64. The number of rotatable bonds is 4. The Morgan fingerprint density at radius 1 is 1.35 bits per heavy atom. The monoisotopic (exact) mass is 278 g/mol. The fraction of sp³-hybridized carbons (Fsp3) is 0.824. The summed E-state index contributed by atoms with van der Waals surface area (Å²) in [6, 6.07) is 0. The molecule has 1 fully saturated rings. The highest BCUT2D eigenvalue weighted by atomic mass is 16.1. The first-order valence-electron chi connectivity index (χ1n) is 8.19. The minimum Gasteiger partial charge on any atom is -0.359 e. The molecule has 0 spiro atoms. The topological polar surface area (TPSA) is 32.3 Å². The van der Waals surface area contributed by atoms with Crippen LogP contribution in [0.5, 0.6) is 0 Å². The number of carbonyl (C=O) groups excluding carboxylic acids is 1. The van der Waals surface area contributed by atoms with Crippen LogP contribution in [0.2, 0.25) is 0 Å². The van der Waals surface area contributed by atoms with Gasteiger partial charge < -0.3 is 10.2 Å². The van der Waals surface area contributed by atoms with Crippen LogP contribution in [-0.4, -0.2) is 37.5 Å². The molecule has 1 saturated heterocycles. The molecule has 0 radical (unpaired) electrons. The van der Waals surface area contributed by atoms with Gasteiger partial charge in [-0.15, -0.1) is 0 Å². The van der Waals surface area contributed by atoms with Gasteiger partial charge in [0.1, 0.15) is 0 Å². The molecule has 1 aliphatic heterocycles. The highest BCUT2D eigenvalue weighted by molar-refractivity contribution is 5.75. The molecule has 114 valence electrons. The van der Waals surface area contributed by atoms with Gasteiger partial charge >= 0.3 is 0 Å². The first kappa shape index (κ1) is 15.6. The van der Waals surface area contributed by atoms with Crippen LogP contribution in [0.1, 0.15) is 46.0 Å². The van der Waals surface area contributed by atoms with Gasteiger partial charge in [-0.05, 0) is 63.5 Å². The molecule has 20 heavy (non-hydrogen) atoms. The number of nitrogens with zero attached hydrogens (tertiary/aromatic N) is 1. The van der Waals surface area contributed by atoms with E-state index >= 15 is 0 Å². The van der Waals surface area contributed by atoms with Gasteiger partial charge in [0, 0.05) is 20.0 Å². The maximum absolute atomic E-state index is 11.4. The van der Waals surface area contributed by atoms with Crippen LogP contribution in [0.15, 0.2) is 11.6 Å². The molecule has 0 unspecified atom stereocenters. The summed E-state index contributed by atoms with van der Waals surface area (Å²) >= 11 is 0. The number of likely N-dealkylation sites (tertiary alicyclic amines) is 1. The minimum atomic E-state index is 0.197. The van der Waals surface area contributed by atoms with Crippen molar-refractivity contribution in [2.75, 3.05) is 26.7 Å². The predicted octanol–water partition coefficient (Wildman–Crippen LogP) is 2.83. The zero-order valence-corrected chi connectivity index (χ0v) is 13.3. The quantitative estimate of drug-likeness (QED) is 0.802. The summed E-state index contributed by atoms with van der Waals surface area (Å²) in [6.07, 6.45) is 8.10. The van der Waals surface area contributed by atoms with Crippen molar-refractivity contribution in [3.8, 4) is 0 Å². The second-order valence-corrected chi connectivity index (χ2v) is 6.73. The summed E-state index contributed by atoms with van der Waals surface area (Å²) in [7, 11) is 1.73. The van der Waals surface area contributed by atoms with Crippen LogP contribution in [0, 0.1) is 17.8 Å². The Bertz CT molecular complexity index is 356. The van der Waals surface area contributed by atoms with E-state index in [4.69, 9.17) is 0 Å². The lowest BCUT2D eigenvalue weighted by molar-refractivity contribution is -0.121. The number of nitrogens with one attached hydrogen (secondary N) is 1. The Morgan fingerprint density at radius 2 is 2.05 bits per heavy atom. The third-order valence-corrected chi connectivity index (χ3v) is 5.28. The predicted molar refractivity (Wildman–Crippen MR) is 83.5 cm³/mol. The molecule has 1 N–H and O–H groups in total. The molecule has 0 aromatic carbocycles. The van der Waals surface area contributed by atoms with Crippen molar-refractivity contribution in [3.05, 3.63) is 11.6 Å². The molecule has 0 aromatic rings. The van der Waals surface area contributed by atoms with Crippen LogP contribution < -0.4 is 5.32 Å². The van der Waals surface area contributed by atoms with Gasteiger partial charge in [-0.25, -0.2) is 0 Å². The molecule has 2 aliphatic rings. The summed E-state index contributed by atoms with van der Waals surface area (Å²) in [5, 5.41) is 2.74. The first-order valence-corrected chi connectivity index (χ1v) is 8.19. The Hall–Kier alpha value is -0.830. The van der Waals surface area contributed by atoms with Crippen LogP contribution in [0.3, 0.4) is 0 Å². The number of carbonyl (C=O) groups is 1. The normalized spacial score (nSPS) is 29.1. The number of piperidine rings is 1. The molecule has 2 atom stereocenters. The lowest BCUT2D eigenvalue weighted by Gasteiger charge is -2.37. The largest absolute Gasteiger partial charge is 0.359 e. The molecule has 1 amide bonds. The zero-order chi connectivity index (χ0) is 14.5. The van der Waals surface area contributed by atoms with E-state index in [-0.39, 0.29) is 5.91 Å². The molecule has 0 bridgehead atoms.